The Morgan fingerprint density at radius 1 is 1.29 bits per heavy atom. The molecule has 1 aromatic heterocycles. The summed E-state index contributed by atoms with van der Waals surface area (Å²) >= 11 is 5.00. The van der Waals surface area contributed by atoms with Gasteiger partial charge < -0.3 is 5.32 Å². The van der Waals surface area contributed by atoms with Gasteiger partial charge in [0.2, 0.25) is 0 Å². The normalized spacial score (nSPS) is 12.1. The van der Waals surface area contributed by atoms with Crippen molar-refractivity contribution in [3.05, 3.63) is 56.7 Å². The highest BCUT2D eigenvalue weighted by Gasteiger charge is 2.11. The maximum Gasteiger partial charge on any atom is 0.251 e. The molecule has 1 atom stereocenters. The topological polar surface area (TPSA) is 29.1 Å². The van der Waals surface area contributed by atoms with Gasteiger partial charge in [0.1, 0.15) is 0 Å². The molecule has 4 heteroatoms. The standard InChI is InChI=1S/C13H12BrNOS/c1-9(12-3-2-8-17-12)15-13(16)10-4-6-11(14)7-5-10/h2-9H,1H3,(H,15,16)/t9-/m1/s1. The molecule has 0 fully saturated rings. The lowest BCUT2D eigenvalue weighted by molar-refractivity contribution is 0.0940. The number of hydrogen-bond donors (Lipinski definition) is 1. The average molecular weight is 310 g/mol. The van der Waals surface area contributed by atoms with Crippen molar-refractivity contribution in [2.75, 3.05) is 0 Å². The van der Waals surface area contributed by atoms with Crippen LogP contribution in [-0.2, 0) is 0 Å². The van der Waals surface area contributed by atoms with Crippen LogP contribution in [0, 0.1) is 0 Å². The molecular formula is C13H12BrNOS. The first-order chi connectivity index (χ1) is 8.16. The molecule has 1 aromatic carbocycles. The number of halogens is 1. The Bertz CT molecular complexity index is 493. The summed E-state index contributed by atoms with van der Waals surface area (Å²) in [5, 5.41) is 4.99. The Morgan fingerprint density at radius 2 is 2.00 bits per heavy atom. The van der Waals surface area contributed by atoms with Gasteiger partial charge >= 0.3 is 0 Å². The number of thiophene rings is 1. The van der Waals surface area contributed by atoms with E-state index in [2.05, 4.69) is 21.2 Å². The van der Waals surface area contributed by atoms with E-state index in [1.807, 2.05) is 36.6 Å². The van der Waals surface area contributed by atoms with Gasteiger partial charge in [0, 0.05) is 14.9 Å². The molecule has 0 aliphatic rings. The van der Waals surface area contributed by atoms with Crippen molar-refractivity contribution in [2.45, 2.75) is 13.0 Å². The lowest BCUT2D eigenvalue weighted by atomic mass is 10.2. The molecule has 0 radical (unpaired) electrons. The van der Waals surface area contributed by atoms with Gasteiger partial charge in [-0.2, -0.15) is 0 Å². The summed E-state index contributed by atoms with van der Waals surface area (Å²) in [5.41, 5.74) is 0.677. The average Bonchev–Trinajstić information content (AvgIpc) is 2.83. The zero-order valence-corrected chi connectivity index (χ0v) is 11.7. The minimum absolute atomic E-state index is 0.0431. The number of nitrogens with one attached hydrogen (secondary N) is 1. The summed E-state index contributed by atoms with van der Waals surface area (Å²) in [6.45, 7) is 1.99. The van der Waals surface area contributed by atoms with Crippen molar-refractivity contribution in [3.8, 4) is 0 Å². The third-order valence-corrected chi connectivity index (χ3v) is 4.01. The predicted octanol–water partition coefficient (Wildman–Crippen LogP) is 4.00. The van der Waals surface area contributed by atoms with Crippen molar-refractivity contribution in [3.63, 3.8) is 0 Å². The molecule has 0 saturated carbocycles. The molecule has 0 aliphatic heterocycles. The molecule has 0 aliphatic carbocycles. The van der Waals surface area contributed by atoms with Crippen LogP contribution in [0.2, 0.25) is 0 Å². The Balaban J connectivity index is 2.04. The van der Waals surface area contributed by atoms with Crippen molar-refractivity contribution >= 4 is 33.2 Å². The Morgan fingerprint density at radius 3 is 2.59 bits per heavy atom. The van der Waals surface area contributed by atoms with Gasteiger partial charge in [0.25, 0.3) is 5.91 Å². The number of carbonyl (C=O) groups excluding carboxylic acids is 1. The van der Waals surface area contributed by atoms with Crippen LogP contribution in [0.25, 0.3) is 0 Å². The van der Waals surface area contributed by atoms with Crippen molar-refractivity contribution in [1.82, 2.24) is 5.32 Å². The summed E-state index contributed by atoms with van der Waals surface area (Å²) in [5.74, 6) is -0.0431. The van der Waals surface area contributed by atoms with Crippen molar-refractivity contribution in [1.29, 1.82) is 0 Å². The summed E-state index contributed by atoms with van der Waals surface area (Å²) < 4.78 is 0.973. The molecule has 88 valence electrons. The molecule has 0 spiro atoms. The van der Waals surface area contributed by atoms with E-state index in [0.29, 0.717) is 5.56 Å². The number of rotatable bonds is 3. The minimum Gasteiger partial charge on any atom is -0.345 e. The number of hydrogen-bond acceptors (Lipinski definition) is 2. The largest absolute Gasteiger partial charge is 0.345 e. The van der Waals surface area contributed by atoms with Gasteiger partial charge in [-0.05, 0) is 42.6 Å². The summed E-state index contributed by atoms with van der Waals surface area (Å²) in [6, 6.07) is 11.4. The molecule has 0 saturated heterocycles. The Hall–Kier alpha value is -1.13. The van der Waals surface area contributed by atoms with E-state index in [4.69, 9.17) is 0 Å². The second kappa shape index (κ2) is 5.47. The highest BCUT2D eigenvalue weighted by atomic mass is 79.9. The lowest BCUT2D eigenvalue weighted by Gasteiger charge is -2.12. The summed E-state index contributed by atoms with van der Waals surface area (Å²) in [7, 11) is 0. The van der Waals surface area contributed by atoms with Gasteiger partial charge in [-0.15, -0.1) is 11.3 Å². The van der Waals surface area contributed by atoms with Gasteiger partial charge in [-0.25, -0.2) is 0 Å². The second-order valence-electron chi connectivity index (χ2n) is 3.72. The fourth-order valence-electron chi connectivity index (χ4n) is 1.49. The van der Waals surface area contributed by atoms with Crippen LogP contribution < -0.4 is 5.32 Å². The van der Waals surface area contributed by atoms with Gasteiger partial charge in [-0.3, -0.25) is 4.79 Å². The van der Waals surface area contributed by atoms with E-state index < -0.39 is 0 Å². The molecule has 0 bridgehead atoms. The first-order valence-corrected chi connectivity index (χ1v) is 6.94. The zero-order chi connectivity index (χ0) is 12.3. The Kier molecular flexibility index (Phi) is 3.97. The molecular weight excluding hydrogens is 298 g/mol. The maximum atomic E-state index is 11.9. The smallest absolute Gasteiger partial charge is 0.251 e. The monoisotopic (exact) mass is 309 g/mol. The van der Waals surface area contributed by atoms with Crippen LogP contribution in [0.15, 0.2) is 46.3 Å². The first-order valence-electron chi connectivity index (χ1n) is 5.26. The van der Waals surface area contributed by atoms with E-state index in [0.717, 1.165) is 9.35 Å². The maximum absolute atomic E-state index is 11.9. The molecule has 17 heavy (non-hydrogen) atoms. The molecule has 2 nitrogen and oxygen atoms in total. The quantitative estimate of drug-likeness (QED) is 0.912. The van der Waals surface area contributed by atoms with Crippen molar-refractivity contribution in [2.24, 2.45) is 0 Å². The van der Waals surface area contributed by atoms with E-state index in [-0.39, 0.29) is 11.9 Å². The van der Waals surface area contributed by atoms with Crippen LogP contribution in [0.4, 0.5) is 0 Å². The van der Waals surface area contributed by atoms with Crippen LogP contribution in [0.1, 0.15) is 28.2 Å². The highest BCUT2D eigenvalue weighted by Crippen LogP contribution is 2.19. The first kappa shape index (κ1) is 12.3. The van der Waals surface area contributed by atoms with E-state index in [9.17, 15) is 4.79 Å². The second-order valence-corrected chi connectivity index (χ2v) is 5.61. The summed E-state index contributed by atoms with van der Waals surface area (Å²) in [4.78, 5) is 13.1. The van der Waals surface area contributed by atoms with Crippen LogP contribution >= 0.6 is 27.3 Å². The fraction of sp³-hybridized carbons (Fsp3) is 0.154. The highest BCUT2D eigenvalue weighted by molar-refractivity contribution is 9.10. The molecule has 2 rings (SSSR count). The third-order valence-electron chi connectivity index (χ3n) is 2.42. The number of benzene rings is 1. The lowest BCUT2D eigenvalue weighted by Crippen LogP contribution is -2.25. The summed E-state index contributed by atoms with van der Waals surface area (Å²) in [6.07, 6.45) is 0. The minimum atomic E-state index is -0.0431. The predicted molar refractivity (Wildman–Crippen MR) is 74.3 cm³/mol. The number of amides is 1. The number of carbonyl (C=O) groups is 1. The van der Waals surface area contributed by atoms with Gasteiger partial charge in [0.05, 0.1) is 6.04 Å². The molecule has 1 N–H and O–H groups in total. The molecule has 1 amide bonds. The van der Waals surface area contributed by atoms with E-state index in [1.165, 1.54) is 0 Å². The van der Waals surface area contributed by atoms with Gasteiger partial charge in [0.15, 0.2) is 0 Å². The molecule has 2 aromatic rings. The Labute approximate surface area is 113 Å². The third kappa shape index (κ3) is 3.17. The van der Waals surface area contributed by atoms with Crippen LogP contribution in [0.3, 0.4) is 0 Å². The van der Waals surface area contributed by atoms with Crippen LogP contribution in [0.5, 0.6) is 0 Å². The SMILES string of the molecule is C[C@@H](NC(=O)c1ccc(Br)cc1)c1cccs1. The zero-order valence-electron chi connectivity index (χ0n) is 9.31. The van der Waals surface area contributed by atoms with E-state index in [1.54, 1.807) is 23.5 Å². The molecule has 1 heterocycles. The van der Waals surface area contributed by atoms with Gasteiger partial charge in [-0.1, -0.05) is 22.0 Å². The van der Waals surface area contributed by atoms with E-state index >= 15 is 0 Å². The van der Waals surface area contributed by atoms with Crippen LogP contribution in [-0.4, -0.2) is 5.91 Å². The van der Waals surface area contributed by atoms with Crippen molar-refractivity contribution < 1.29 is 4.79 Å². The molecule has 0 unspecified atom stereocenters. The fourth-order valence-corrected chi connectivity index (χ4v) is 2.49.